The number of halogens is 4. The van der Waals surface area contributed by atoms with Gasteiger partial charge in [0.25, 0.3) is 0 Å². The highest BCUT2D eigenvalue weighted by molar-refractivity contribution is 7.78. The molecule has 6 heteroatoms. The van der Waals surface area contributed by atoms with Crippen molar-refractivity contribution >= 4 is 29.0 Å². The van der Waals surface area contributed by atoms with Crippen LogP contribution in [0.5, 0.6) is 0 Å². The number of thiocarbonyl (C=S) groups is 1. The summed E-state index contributed by atoms with van der Waals surface area (Å²) >= 11 is 9.69. The molecule has 0 rings (SSSR count). The van der Waals surface area contributed by atoms with E-state index in [0.717, 1.165) is 13.0 Å². The number of allylic oxidation sites excluding steroid dienone is 4. The zero-order valence-corrected chi connectivity index (χ0v) is 9.30. The Kier molecular flexibility index (Phi) is 5.50. The lowest BCUT2D eigenvalue weighted by Gasteiger charge is -2.06. The average molecular weight is 254 g/mol. The minimum Gasteiger partial charge on any atom is -0.195 e. The number of aliphatic imine (C=N–C) groups is 1. The van der Waals surface area contributed by atoms with Crippen LogP contribution >= 0.6 is 23.8 Å². The van der Waals surface area contributed by atoms with Crippen molar-refractivity contribution in [2.24, 2.45) is 4.99 Å². The summed E-state index contributed by atoms with van der Waals surface area (Å²) in [7, 11) is 0. The molecule has 0 saturated heterocycles. The third-order valence-corrected chi connectivity index (χ3v) is 1.90. The molecule has 0 heterocycles. The number of isothiocyanates is 1. The summed E-state index contributed by atoms with van der Waals surface area (Å²) in [4.78, 5) is 3.44. The largest absolute Gasteiger partial charge is 0.413 e. The molecule has 0 amide bonds. The number of hydrogen-bond donors (Lipinski definition) is 0. The van der Waals surface area contributed by atoms with Gasteiger partial charge in [-0.15, -0.1) is 0 Å². The third kappa shape index (κ3) is 5.52. The maximum Gasteiger partial charge on any atom is 0.413 e. The second kappa shape index (κ2) is 5.85. The first-order valence-corrected chi connectivity index (χ1v) is 4.46. The molecule has 0 fully saturated rings. The fourth-order valence-electron chi connectivity index (χ4n) is 0.526. The van der Waals surface area contributed by atoms with E-state index in [1.807, 2.05) is 5.16 Å². The number of nitrogens with zero attached hydrogens (tertiary/aromatic N) is 1. The molecule has 0 aliphatic carbocycles. The van der Waals surface area contributed by atoms with Crippen molar-refractivity contribution in [1.82, 2.24) is 0 Å². The molecule has 0 atom stereocenters. The van der Waals surface area contributed by atoms with Gasteiger partial charge in [-0.05, 0) is 31.3 Å². The van der Waals surface area contributed by atoms with E-state index in [-0.39, 0.29) is 5.70 Å². The summed E-state index contributed by atoms with van der Waals surface area (Å²) in [6, 6.07) is 0. The van der Waals surface area contributed by atoms with Crippen molar-refractivity contribution in [1.29, 1.82) is 0 Å². The van der Waals surface area contributed by atoms with E-state index in [0.29, 0.717) is 0 Å². The predicted molar refractivity (Wildman–Crippen MR) is 57.9 cm³/mol. The van der Waals surface area contributed by atoms with Crippen LogP contribution in [-0.2, 0) is 0 Å². The molecular formula is C9H7ClF3NS. The summed E-state index contributed by atoms with van der Waals surface area (Å²) in [5.41, 5.74) is -0.697. The van der Waals surface area contributed by atoms with Gasteiger partial charge in [-0.3, -0.25) is 0 Å². The smallest absolute Gasteiger partial charge is 0.195 e. The van der Waals surface area contributed by atoms with Gasteiger partial charge in [0, 0.05) is 10.6 Å². The monoisotopic (exact) mass is 253 g/mol. The summed E-state index contributed by atoms with van der Waals surface area (Å²) < 4.78 is 36.4. The van der Waals surface area contributed by atoms with Gasteiger partial charge in [0.2, 0.25) is 0 Å². The Hall–Kier alpha value is -0.900. The number of alkyl halides is 3. The Morgan fingerprint density at radius 1 is 1.47 bits per heavy atom. The van der Waals surface area contributed by atoms with Gasteiger partial charge in [0.15, 0.2) is 0 Å². The Bertz CT molecular complexity index is 362. The summed E-state index contributed by atoms with van der Waals surface area (Å²) in [5.74, 6) is 0. The van der Waals surface area contributed by atoms with E-state index < -0.39 is 16.8 Å². The van der Waals surface area contributed by atoms with Gasteiger partial charge in [-0.2, -0.15) is 18.2 Å². The first kappa shape index (κ1) is 14.1. The van der Waals surface area contributed by atoms with Crippen molar-refractivity contribution in [3.05, 3.63) is 35.0 Å². The lowest BCUT2D eigenvalue weighted by molar-refractivity contribution is -0.0915. The highest BCUT2D eigenvalue weighted by Crippen LogP contribution is 2.29. The molecule has 0 bridgehead atoms. The lowest BCUT2D eigenvalue weighted by atomic mass is 10.2. The fraction of sp³-hybridized carbons (Fsp3) is 0.222. The Labute approximate surface area is 95.6 Å². The van der Waals surface area contributed by atoms with Crippen LogP contribution in [0.1, 0.15) is 6.92 Å². The number of hydrogen-bond acceptors (Lipinski definition) is 2. The Morgan fingerprint density at radius 2 is 2.00 bits per heavy atom. The molecule has 0 N–H and O–H groups in total. The van der Waals surface area contributed by atoms with Gasteiger partial charge in [0.1, 0.15) is 0 Å². The van der Waals surface area contributed by atoms with Crippen molar-refractivity contribution in [2.45, 2.75) is 13.1 Å². The first-order valence-electron chi connectivity index (χ1n) is 3.67. The highest BCUT2D eigenvalue weighted by atomic mass is 35.5. The molecule has 1 nitrogen and oxygen atoms in total. The van der Waals surface area contributed by atoms with Crippen LogP contribution < -0.4 is 0 Å². The molecule has 0 aliphatic heterocycles. The minimum atomic E-state index is -4.43. The van der Waals surface area contributed by atoms with Crippen molar-refractivity contribution in [2.75, 3.05) is 0 Å². The summed E-state index contributed by atoms with van der Waals surface area (Å²) in [6.45, 7) is 4.28. The average Bonchev–Trinajstić information content (AvgIpc) is 2.12. The maximum atomic E-state index is 12.1. The lowest BCUT2D eigenvalue weighted by Crippen LogP contribution is -2.09. The molecular weight excluding hydrogens is 247 g/mol. The second-order valence-corrected chi connectivity index (χ2v) is 3.09. The van der Waals surface area contributed by atoms with Gasteiger partial charge in [0.05, 0.1) is 10.9 Å². The van der Waals surface area contributed by atoms with Crippen molar-refractivity contribution in [3.63, 3.8) is 0 Å². The van der Waals surface area contributed by atoms with Gasteiger partial charge < -0.3 is 0 Å². The Balaban J connectivity index is 4.83. The molecule has 0 unspecified atom stereocenters. The predicted octanol–water partition coefficient (Wildman–Crippen LogP) is 4.23. The summed E-state index contributed by atoms with van der Waals surface area (Å²) in [5, 5.41) is 1.61. The topological polar surface area (TPSA) is 12.4 Å². The molecule has 0 aromatic carbocycles. The molecule has 15 heavy (non-hydrogen) atoms. The van der Waals surface area contributed by atoms with Crippen LogP contribution in [-0.4, -0.2) is 11.3 Å². The first-order chi connectivity index (χ1) is 6.79. The molecule has 0 spiro atoms. The molecule has 0 aromatic rings. The van der Waals surface area contributed by atoms with E-state index in [2.05, 4.69) is 23.8 Å². The Morgan fingerprint density at radius 3 is 2.40 bits per heavy atom. The molecule has 0 saturated carbocycles. The molecule has 82 valence electrons. The van der Waals surface area contributed by atoms with E-state index in [1.54, 1.807) is 0 Å². The van der Waals surface area contributed by atoms with Crippen LogP contribution in [0.4, 0.5) is 13.2 Å². The zero-order valence-electron chi connectivity index (χ0n) is 7.73. The molecule has 0 aliphatic rings. The third-order valence-electron chi connectivity index (χ3n) is 1.39. The second-order valence-electron chi connectivity index (χ2n) is 2.50. The van der Waals surface area contributed by atoms with Gasteiger partial charge in [-0.1, -0.05) is 18.2 Å². The van der Waals surface area contributed by atoms with Crippen LogP contribution in [0.25, 0.3) is 0 Å². The van der Waals surface area contributed by atoms with Crippen LogP contribution in [0, 0.1) is 0 Å². The van der Waals surface area contributed by atoms with Crippen molar-refractivity contribution in [3.8, 4) is 0 Å². The fourth-order valence-corrected chi connectivity index (χ4v) is 0.813. The van der Waals surface area contributed by atoms with Gasteiger partial charge >= 0.3 is 6.18 Å². The van der Waals surface area contributed by atoms with E-state index in [9.17, 15) is 13.2 Å². The zero-order chi connectivity index (χ0) is 12.1. The molecule has 0 aromatic heterocycles. The highest BCUT2D eigenvalue weighted by Gasteiger charge is 2.31. The van der Waals surface area contributed by atoms with E-state index in [1.165, 1.54) is 6.08 Å². The molecule has 0 radical (unpaired) electrons. The van der Waals surface area contributed by atoms with Crippen LogP contribution in [0.15, 0.2) is 40.0 Å². The van der Waals surface area contributed by atoms with Crippen molar-refractivity contribution < 1.29 is 13.2 Å². The van der Waals surface area contributed by atoms with Crippen LogP contribution in [0.2, 0.25) is 0 Å². The number of rotatable bonds is 3. The standard InChI is InChI=1S/C9H7ClF3NS/c1-6(14-5-15)3-4-8(10)7(2)9(11,12)13/h3-4H,1H2,2H3/b4-3-,8-7-. The van der Waals surface area contributed by atoms with E-state index in [4.69, 9.17) is 11.6 Å². The maximum absolute atomic E-state index is 12.1. The minimum absolute atomic E-state index is 0.179. The van der Waals surface area contributed by atoms with E-state index >= 15 is 0 Å². The SMILES string of the molecule is C=C(/C=C\C(Cl)=C(/C)C(F)(F)F)N=C=S. The van der Waals surface area contributed by atoms with Crippen LogP contribution in [0.3, 0.4) is 0 Å². The normalized spacial score (nSPS) is 13.4. The quantitative estimate of drug-likeness (QED) is 0.416. The summed E-state index contributed by atoms with van der Waals surface area (Å²) in [6.07, 6.45) is -2.16. The van der Waals surface area contributed by atoms with Gasteiger partial charge in [-0.25, -0.2) is 0 Å².